The SMILES string of the molecule is CCOc1ccc2ncc(C#N)c(Nc3cccc(Cl)c3)c2c1.Cl. The number of nitrogens with one attached hydrogen (secondary N) is 1. The van der Waals surface area contributed by atoms with Crippen LogP contribution in [0.2, 0.25) is 5.02 Å². The van der Waals surface area contributed by atoms with Crippen molar-refractivity contribution in [3.05, 3.63) is 59.2 Å². The Bertz CT molecular complexity index is 906. The van der Waals surface area contributed by atoms with Crippen LogP contribution in [0.15, 0.2) is 48.7 Å². The second-order valence-corrected chi connectivity index (χ2v) is 5.34. The zero-order valence-corrected chi connectivity index (χ0v) is 14.5. The van der Waals surface area contributed by atoms with Crippen LogP contribution in [0.25, 0.3) is 10.9 Å². The van der Waals surface area contributed by atoms with Gasteiger partial charge in [-0.2, -0.15) is 5.26 Å². The van der Waals surface area contributed by atoms with E-state index in [1.165, 1.54) is 0 Å². The van der Waals surface area contributed by atoms with Gasteiger partial charge in [0.1, 0.15) is 11.8 Å². The molecule has 0 unspecified atom stereocenters. The van der Waals surface area contributed by atoms with Crippen molar-refractivity contribution in [2.45, 2.75) is 6.92 Å². The van der Waals surface area contributed by atoms with E-state index in [4.69, 9.17) is 16.3 Å². The van der Waals surface area contributed by atoms with Crippen LogP contribution in [0.1, 0.15) is 12.5 Å². The van der Waals surface area contributed by atoms with Crippen LogP contribution in [0.3, 0.4) is 0 Å². The molecule has 0 fully saturated rings. The number of benzene rings is 2. The lowest BCUT2D eigenvalue weighted by atomic mass is 10.1. The van der Waals surface area contributed by atoms with Gasteiger partial charge < -0.3 is 10.1 Å². The predicted octanol–water partition coefficient (Wildman–Crippen LogP) is 5.32. The highest BCUT2D eigenvalue weighted by Crippen LogP contribution is 2.32. The fourth-order valence-corrected chi connectivity index (χ4v) is 2.55. The van der Waals surface area contributed by atoms with Crippen LogP contribution in [0.4, 0.5) is 11.4 Å². The number of ether oxygens (including phenoxy) is 1. The number of fused-ring (bicyclic) bond motifs is 1. The van der Waals surface area contributed by atoms with Gasteiger partial charge >= 0.3 is 0 Å². The second kappa shape index (κ2) is 7.87. The van der Waals surface area contributed by atoms with E-state index in [-0.39, 0.29) is 12.4 Å². The maximum absolute atomic E-state index is 9.40. The molecular formula is C18H15Cl2N3O. The van der Waals surface area contributed by atoms with Crippen LogP contribution in [-0.2, 0) is 0 Å². The zero-order valence-electron chi connectivity index (χ0n) is 12.9. The van der Waals surface area contributed by atoms with Crippen molar-refractivity contribution in [2.75, 3.05) is 11.9 Å². The Morgan fingerprint density at radius 3 is 2.79 bits per heavy atom. The fourth-order valence-electron chi connectivity index (χ4n) is 2.36. The minimum atomic E-state index is 0. The molecule has 2 aromatic carbocycles. The molecular weight excluding hydrogens is 345 g/mol. The van der Waals surface area contributed by atoms with Gasteiger partial charge in [-0.15, -0.1) is 12.4 Å². The minimum Gasteiger partial charge on any atom is -0.494 e. The largest absolute Gasteiger partial charge is 0.494 e. The number of aromatic nitrogens is 1. The van der Waals surface area contributed by atoms with E-state index in [2.05, 4.69) is 16.4 Å². The summed E-state index contributed by atoms with van der Waals surface area (Å²) in [6, 6.07) is 15.2. The van der Waals surface area contributed by atoms with Crippen LogP contribution < -0.4 is 10.1 Å². The van der Waals surface area contributed by atoms with Crippen molar-refractivity contribution in [2.24, 2.45) is 0 Å². The van der Waals surface area contributed by atoms with Gasteiger partial charge in [0.2, 0.25) is 0 Å². The Balaban J connectivity index is 0.00000208. The van der Waals surface area contributed by atoms with Crippen molar-refractivity contribution in [1.29, 1.82) is 5.26 Å². The monoisotopic (exact) mass is 359 g/mol. The highest BCUT2D eigenvalue weighted by Gasteiger charge is 2.10. The molecule has 0 aliphatic rings. The number of nitrogens with zero attached hydrogens (tertiary/aromatic N) is 2. The summed E-state index contributed by atoms with van der Waals surface area (Å²) in [6.07, 6.45) is 1.57. The van der Waals surface area contributed by atoms with Crippen molar-refractivity contribution >= 4 is 46.3 Å². The van der Waals surface area contributed by atoms with E-state index in [0.29, 0.717) is 22.9 Å². The average Bonchev–Trinajstić information content (AvgIpc) is 2.56. The lowest BCUT2D eigenvalue weighted by molar-refractivity contribution is 0.340. The molecule has 0 saturated carbocycles. The Morgan fingerprint density at radius 1 is 1.25 bits per heavy atom. The average molecular weight is 360 g/mol. The van der Waals surface area contributed by atoms with Gasteiger partial charge in [-0.3, -0.25) is 4.98 Å². The molecule has 1 N–H and O–H groups in total. The van der Waals surface area contributed by atoms with Crippen LogP contribution >= 0.6 is 24.0 Å². The molecule has 1 aromatic heterocycles. The zero-order chi connectivity index (χ0) is 16.2. The van der Waals surface area contributed by atoms with E-state index in [0.717, 1.165) is 22.3 Å². The summed E-state index contributed by atoms with van der Waals surface area (Å²) in [6.45, 7) is 2.51. The summed E-state index contributed by atoms with van der Waals surface area (Å²) in [5, 5.41) is 14.1. The summed E-state index contributed by atoms with van der Waals surface area (Å²) in [5.41, 5.74) is 2.76. The molecule has 0 atom stereocenters. The molecule has 0 aliphatic heterocycles. The summed E-state index contributed by atoms with van der Waals surface area (Å²) in [4.78, 5) is 4.33. The molecule has 24 heavy (non-hydrogen) atoms. The first-order valence-electron chi connectivity index (χ1n) is 7.19. The van der Waals surface area contributed by atoms with Crippen molar-refractivity contribution in [3.63, 3.8) is 0 Å². The van der Waals surface area contributed by atoms with Gasteiger partial charge in [0.05, 0.1) is 23.4 Å². The summed E-state index contributed by atoms with van der Waals surface area (Å²) >= 11 is 6.03. The summed E-state index contributed by atoms with van der Waals surface area (Å²) in [7, 11) is 0. The topological polar surface area (TPSA) is 57.9 Å². The number of hydrogen-bond acceptors (Lipinski definition) is 4. The fraction of sp³-hybridized carbons (Fsp3) is 0.111. The molecule has 0 radical (unpaired) electrons. The Labute approximate surface area is 151 Å². The standard InChI is InChI=1S/C18H14ClN3O.ClH/c1-2-23-15-6-7-17-16(9-15)18(12(10-20)11-21-17)22-14-5-3-4-13(19)8-14;/h3-9,11H,2H2,1H3,(H,21,22);1H. The third-order valence-corrected chi connectivity index (χ3v) is 3.60. The van der Waals surface area contributed by atoms with Crippen molar-refractivity contribution in [1.82, 2.24) is 4.98 Å². The van der Waals surface area contributed by atoms with E-state index < -0.39 is 0 Å². The Morgan fingerprint density at radius 2 is 2.08 bits per heavy atom. The smallest absolute Gasteiger partial charge is 0.120 e. The number of rotatable bonds is 4. The molecule has 6 heteroatoms. The molecule has 122 valence electrons. The summed E-state index contributed by atoms with van der Waals surface area (Å²) in [5.74, 6) is 0.742. The normalized spacial score (nSPS) is 9.88. The Hall–Kier alpha value is -2.48. The van der Waals surface area contributed by atoms with E-state index >= 15 is 0 Å². The highest BCUT2D eigenvalue weighted by molar-refractivity contribution is 6.30. The van der Waals surface area contributed by atoms with Crippen LogP contribution in [0, 0.1) is 11.3 Å². The van der Waals surface area contributed by atoms with Crippen LogP contribution in [-0.4, -0.2) is 11.6 Å². The molecule has 0 bridgehead atoms. The quantitative estimate of drug-likeness (QED) is 0.684. The first-order chi connectivity index (χ1) is 11.2. The lowest BCUT2D eigenvalue weighted by Gasteiger charge is -2.13. The lowest BCUT2D eigenvalue weighted by Crippen LogP contribution is -1.98. The number of halogens is 2. The van der Waals surface area contributed by atoms with Gasteiger partial charge in [-0.05, 0) is 43.3 Å². The maximum atomic E-state index is 9.40. The van der Waals surface area contributed by atoms with Gasteiger partial charge in [0.15, 0.2) is 0 Å². The second-order valence-electron chi connectivity index (χ2n) is 4.91. The van der Waals surface area contributed by atoms with Gasteiger partial charge in [0.25, 0.3) is 0 Å². The van der Waals surface area contributed by atoms with Crippen LogP contribution in [0.5, 0.6) is 5.75 Å². The van der Waals surface area contributed by atoms with Gasteiger partial charge in [-0.25, -0.2) is 0 Å². The van der Waals surface area contributed by atoms with Gasteiger partial charge in [0, 0.05) is 22.3 Å². The first-order valence-corrected chi connectivity index (χ1v) is 7.57. The maximum Gasteiger partial charge on any atom is 0.120 e. The van der Waals surface area contributed by atoms with E-state index in [9.17, 15) is 5.26 Å². The molecule has 0 spiro atoms. The minimum absolute atomic E-state index is 0. The molecule has 3 rings (SSSR count). The molecule has 4 nitrogen and oxygen atoms in total. The van der Waals surface area contributed by atoms with E-state index in [1.807, 2.05) is 37.3 Å². The first kappa shape index (κ1) is 17.9. The summed E-state index contributed by atoms with van der Waals surface area (Å²) < 4.78 is 5.55. The third kappa shape index (κ3) is 3.70. The van der Waals surface area contributed by atoms with E-state index in [1.54, 1.807) is 18.3 Å². The number of hydrogen-bond donors (Lipinski definition) is 1. The van der Waals surface area contributed by atoms with Crippen molar-refractivity contribution in [3.8, 4) is 11.8 Å². The number of anilines is 2. The van der Waals surface area contributed by atoms with Crippen molar-refractivity contribution < 1.29 is 4.74 Å². The number of nitriles is 1. The molecule has 3 aromatic rings. The highest BCUT2D eigenvalue weighted by atomic mass is 35.5. The molecule has 0 amide bonds. The third-order valence-electron chi connectivity index (χ3n) is 3.36. The molecule has 1 heterocycles. The Kier molecular flexibility index (Phi) is 5.86. The molecule has 0 aliphatic carbocycles. The number of pyridine rings is 1. The molecule has 0 saturated heterocycles. The predicted molar refractivity (Wildman–Crippen MR) is 99.6 cm³/mol. The van der Waals surface area contributed by atoms with Gasteiger partial charge in [-0.1, -0.05) is 17.7 Å².